The summed E-state index contributed by atoms with van der Waals surface area (Å²) in [5.74, 6) is -0.521. The van der Waals surface area contributed by atoms with Crippen LogP contribution < -0.4 is 20.1 Å². The van der Waals surface area contributed by atoms with Gasteiger partial charge in [-0.05, 0) is 30.3 Å². The minimum atomic E-state index is -0.746. The van der Waals surface area contributed by atoms with Crippen LogP contribution in [0.2, 0.25) is 0 Å². The summed E-state index contributed by atoms with van der Waals surface area (Å²) >= 11 is 0. The third-order valence-electron chi connectivity index (χ3n) is 3.10. The van der Waals surface area contributed by atoms with Crippen LogP contribution in [0.15, 0.2) is 28.8 Å². The lowest BCUT2D eigenvalue weighted by atomic mass is 10.2. The number of rotatable bonds is 8. The number of carbonyl (C=O) groups is 3. The van der Waals surface area contributed by atoms with Gasteiger partial charge in [-0.25, -0.2) is 4.79 Å². The van der Waals surface area contributed by atoms with Crippen LogP contribution >= 0.6 is 0 Å². The van der Waals surface area contributed by atoms with Gasteiger partial charge in [-0.3, -0.25) is 9.59 Å². The Balaban J connectivity index is 1.85. The van der Waals surface area contributed by atoms with Crippen LogP contribution in [-0.2, 0) is 19.1 Å². The van der Waals surface area contributed by atoms with Crippen molar-refractivity contribution in [3.05, 3.63) is 30.0 Å². The van der Waals surface area contributed by atoms with Crippen LogP contribution in [0, 0.1) is 6.92 Å². The summed E-state index contributed by atoms with van der Waals surface area (Å²) in [6, 6.07) is 6.24. The zero-order valence-corrected chi connectivity index (χ0v) is 15.0. The molecule has 0 aliphatic heterocycles. The Morgan fingerprint density at radius 1 is 1.15 bits per heavy atom. The normalized spacial score (nSPS) is 10.0. The second-order valence-corrected chi connectivity index (χ2v) is 5.37. The minimum absolute atomic E-state index is 0.147. The van der Waals surface area contributed by atoms with Crippen molar-refractivity contribution >= 4 is 29.2 Å². The number of ether oxygens (including phenoxy) is 3. The number of carbonyl (C=O) groups excluding carboxylic acids is 3. The lowest BCUT2D eigenvalue weighted by molar-refractivity contribution is -0.149. The van der Waals surface area contributed by atoms with E-state index in [0.717, 1.165) is 0 Å². The van der Waals surface area contributed by atoms with Gasteiger partial charge in [-0.2, -0.15) is 0 Å². The second-order valence-electron chi connectivity index (χ2n) is 5.37. The molecule has 0 bridgehead atoms. The molecule has 1 heterocycles. The summed E-state index contributed by atoms with van der Waals surface area (Å²) < 4.78 is 19.8. The maximum Gasteiger partial charge on any atom is 0.344 e. The number of nitrogens with zero attached hydrogens (tertiary/aromatic N) is 1. The maximum atomic E-state index is 12.0. The SMILES string of the molecule is COc1ccc(NC(C)=O)cc1NC(=O)COC(=O)COc1cc(C)on1. The third-order valence-corrected chi connectivity index (χ3v) is 3.10. The number of aryl methyl sites for hydroxylation is 1. The fourth-order valence-electron chi connectivity index (χ4n) is 2.01. The number of hydrogen-bond donors (Lipinski definition) is 2. The maximum absolute atomic E-state index is 12.0. The molecule has 0 saturated heterocycles. The van der Waals surface area contributed by atoms with Crippen molar-refractivity contribution in [2.75, 3.05) is 31.0 Å². The molecule has 0 aliphatic carbocycles. The van der Waals surface area contributed by atoms with Crippen molar-refractivity contribution < 1.29 is 33.1 Å². The smallest absolute Gasteiger partial charge is 0.344 e. The molecule has 0 saturated carbocycles. The Morgan fingerprint density at radius 3 is 2.56 bits per heavy atom. The van der Waals surface area contributed by atoms with E-state index in [2.05, 4.69) is 15.8 Å². The molecule has 10 heteroatoms. The molecule has 0 radical (unpaired) electrons. The number of methoxy groups -OCH3 is 1. The number of nitrogens with one attached hydrogen (secondary N) is 2. The lowest BCUT2D eigenvalue weighted by Gasteiger charge is -2.12. The van der Waals surface area contributed by atoms with E-state index in [1.165, 1.54) is 26.2 Å². The van der Waals surface area contributed by atoms with Crippen LogP contribution in [0.25, 0.3) is 0 Å². The van der Waals surface area contributed by atoms with Crippen LogP contribution in [0.3, 0.4) is 0 Å². The van der Waals surface area contributed by atoms with Gasteiger partial charge in [0.1, 0.15) is 11.5 Å². The van der Waals surface area contributed by atoms with Gasteiger partial charge in [0.25, 0.3) is 11.8 Å². The fraction of sp³-hybridized carbons (Fsp3) is 0.294. The van der Waals surface area contributed by atoms with Crippen molar-refractivity contribution in [1.82, 2.24) is 5.16 Å². The van der Waals surface area contributed by atoms with Crippen LogP contribution in [-0.4, -0.2) is 43.3 Å². The van der Waals surface area contributed by atoms with E-state index >= 15 is 0 Å². The molecule has 0 unspecified atom stereocenters. The molecule has 0 fully saturated rings. The molecule has 2 rings (SSSR count). The van der Waals surface area contributed by atoms with E-state index in [-0.39, 0.29) is 11.8 Å². The van der Waals surface area contributed by atoms with E-state index < -0.39 is 25.1 Å². The van der Waals surface area contributed by atoms with Gasteiger partial charge in [0, 0.05) is 18.7 Å². The molecule has 10 nitrogen and oxygen atoms in total. The highest BCUT2D eigenvalue weighted by molar-refractivity contribution is 5.96. The van der Waals surface area contributed by atoms with E-state index in [1.54, 1.807) is 19.1 Å². The van der Waals surface area contributed by atoms with Gasteiger partial charge < -0.3 is 29.4 Å². The Morgan fingerprint density at radius 2 is 1.93 bits per heavy atom. The summed E-state index contributed by atoms with van der Waals surface area (Å²) in [5.41, 5.74) is 0.797. The molecule has 1 aromatic carbocycles. The zero-order chi connectivity index (χ0) is 19.8. The van der Waals surface area contributed by atoms with Gasteiger partial charge in [0.2, 0.25) is 5.91 Å². The molecule has 27 heavy (non-hydrogen) atoms. The predicted molar refractivity (Wildman–Crippen MR) is 93.6 cm³/mol. The molecule has 0 atom stereocenters. The van der Waals surface area contributed by atoms with Gasteiger partial charge in [0.15, 0.2) is 13.2 Å². The molecule has 1 aromatic heterocycles. The van der Waals surface area contributed by atoms with Crippen molar-refractivity contribution in [3.8, 4) is 11.6 Å². The van der Waals surface area contributed by atoms with Gasteiger partial charge in [-0.1, -0.05) is 0 Å². The standard InChI is InChI=1S/C17H19N3O7/c1-10-6-16(20-27-10)25-9-17(23)26-8-15(22)19-13-7-12(18-11(2)21)4-5-14(13)24-3/h4-7H,8-9H2,1-3H3,(H,18,21)(H,19,22). The van der Waals surface area contributed by atoms with Crippen LogP contribution in [0.1, 0.15) is 12.7 Å². The van der Waals surface area contributed by atoms with Crippen molar-refractivity contribution in [1.29, 1.82) is 0 Å². The highest BCUT2D eigenvalue weighted by Crippen LogP contribution is 2.27. The number of hydrogen-bond acceptors (Lipinski definition) is 8. The molecule has 2 amide bonds. The van der Waals surface area contributed by atoms with Gasteiger partial charge >= 0.3 is 5.97 Å². The summed E-state index contributed by atoms with van der Waals surface area (Å²) in [6.45, 7) is 2.11. The minimum Gasteiger partial charge on any atom is -0.495 e. The Kier molecular flexibility index (Phi) is 6.75. The van der Waals surface area contributed by atoms with Gasteiger partial charge in [0.05, 0.1) is 12.8 Å². The first-order valence-corrected chi connectivity index (χ1v) is 7.84. The highest BCUT2D eigenvalue weighted by Gasteiger charge is 2.13. The Labute approximate surface area is 154 Å². The number of amides is 2. The van der Waals surface area contributed by atoms with E-state index in [1.807, 2.05) is 0 Å². The van der Waals surface area contributed by atoms with Crippen LogP contribution in [0.5, 0.6) is 11.6 Å². The molecular weight excluding hydrogens is 358 g/mol. The average Bonchev–Trinajstić information content (AvgIpc) is 3.03. The first kappa shape index (κ1) is 19.8. The first-order valence-electron chi connectivity index (χ1n) is 7.84. The van der Waals surface area contributed by atoms with Crippen molar-refractivity contribution in [3.63, 3.8) is 0 Å². The molecule has 2 aromatic rings. The van der Waals surface area contributed by atoms with Crippen molar-refractivity contribution in [2.45, 2.75) is 13.8 Å². The Hall–Kier alpha value is -3.56. The van der Waals surface area contributed by atoms with Crippen molar-refractivity contribution in [2.24, 2.45) is 0 Å². The number of esters is 1. The molecule has 144 valence electrons. The topological polar surface area (TPSA) is 129 Å². The largest absolute Gasteiger partial charge is 0.495 e. The van der Waals surface area contributed by atoms with Gasteiger partial charge in [-0.15, -0.1) is 0 Å². The van der Waals surface area contributed by atoms with E-state index in [0.29, 0.717) is 22.9 Å². The summed E-state index contributed by atoms with van der Waals surface area (Å²) in [4.78, 5) is 34.8. The fourth-order valence-corrected chi connectivity index (χ4v) is 2.01. The zero-order valence-electron chi connectivity index (χ0n) is 15.0. The quantitative estimate of drug-likeness (QED) is 0.662. The third kappa shape index (κ3) is 6.34. The average molecular weight is 377 g/mol. The summed E-state index contributed by atoms with van der Waals surface area (Å²) in [7, 11) is 1.44. The number of anilines is 2. The first-order chi connectivity index (χ1) is 12.9. The molecule has 0 spiro atoms. The monoisotopic (exact) mass is 377 g/mol. The lowest BCUT2D eigenvalue weighted by Crippen LogP contribution is -2.24. The number of aromatic nitrogens is 1. The van der Waals surface area contributed by atoms with E-state index in [9.17, 15) is 14.4 Å². The molecule has 0 aliphatic rings. The number of benzene rings is 1. The molecule has 2 N–H and O–H groups in total. The van der Waals surface area contributed by atoms with E-state index in [4.69, 9.17) is 18.7 Å². The summed E-state index contributed by atoms with van der Waals surface area (Å²) in [6.07, 6.45) is 0. The van der Waals surface area contributed by atoms with Crippen LogP contribution in [0.4, 0.5) is 11.4 Å². The Bertz CT molecular complexity index is 832. The predicted octanol–water partition coefficient (Wildman–Crippen LogP) is 1.51. The summed E-state index contributed by atoms with van der Waals surface area (Å²) in [5, 5.41) is 8.70. The molecular formula is C17H19N3O7. The second kappa shape index (κ2) is 9.22. The highest BCUT2D eigenvalue weighted by atomic mass is 16.6.